The van der Waals surface area contributed by atoms with Gasteiger partial charge in [-0.25, -0.2) is 0 Å². The molecule has 1 aliphatic carbocycles. The highest BCUT2D eigenvalue weighted by atomic mass is 16.5. The summed E-state index contributed by atoms with van der Waals surface area (Å²) in [6.45, 7) is 1.42. The number of rotatable bonds is 8. The number of carbonyl (C=O) groups is 2. The first-order valence-electron chi connectivity index (χ1n) is 6.81. The summed E-state index contributed by atoms with van der Waals surface area (Å²) in [7, 11) is 1.59. The van der Waals surface area contributed by atoms with Gasteiger partial charge < -0.3 is 19.4 Å². The smallest absolute Gasteiger partial charge is 0.257 e. The van der Waals surface area contributed by atoms with Crippen molar-refractivity contribution in [3.8, 4) is 0 Å². The van der Waals surface area contributed by atoms with Crippen LogP contribution in [0.2, 0.25) is 0 Å². The lowest BCUT2D eigenvalue weighted by Crippen LogP contribution is -2.37. The number of nitrogens with one attached hydrogen (secondary N) is 1. The summed E-state index contributed by atoms with van der Waals surface area (Å²) in [5.74, 6) is -0.126. The minimum atomic E-state index is -0.0639. The number of hydrogen-bond acceptors (Lipinski definition) is 4. The molecule has 2 amide bonds. The third-order valence-electron chi connectivity index (χ3n) is 3.22. The van der Waals surface area contributed by atoms with Gasteiger partial charge in [-0.05, 0) is 18.9 Å². The van der Waals surface area contributed by atoms with Crippen LogP contribution in [0.3, 0.4) is 0 Å². The normalized spacial score (nSPS) is 14.1. The lowest BCUT2D eigenvalue weighted by molar-refractivity contribution is -0.121. The third-order valence-corrected chi connectivity index (χ3v) is 3.22. The first-order chi connectivity index (χ1) is 9.72. The van der Waals surface area contributed by atoms with E-state index in [0.717, 1.165) is 12.8 Å². The topological polar surface area (TPSA) is 71.8 Å². The molecule has 0 saturated heterocycles. The fourth-order valence-corrected chi connectivity index (χ4v) is 1.99. The van der Waals surface area contributed by atoms with Gasteiger partial charge in [0.15, 0.2) is 0 Å². The van der Waals surface area contributed by atoms with Crippen LogP contribution in [0, 0.1) is 0 Å². The van der Waals surface area contributed by atoms with E-state index in [2.05, 4.69) is 5.32 Å². The van der Waals surface area contributed by atoms with E-state index >= 15 is 0 Å². The summed E-state index contributed by atoms with van der Waals surface area (Å²) in [6.07, 6.45) is 5.25. The summed E-state index contributed by atoms with van der Waals surface area (Å²) in [5.41, 5.74) is 0.539. The van der Waals surface area contributed by atoms with Crippen molar-refractivity contribution in [2.24, 2.45) is 0 Å². The molecule has 110 valence electrons. The Balaban J connectivity index is 1.81. The second kappa shape index (κ2) is 7.09. The van der Waals surface area contributed by atoms with Gasteiger partial charge >= 0.3 is 0 Å². The Morgan fingerprint density at radius 3 is 2.90 bits per heavy atom. The number of amides is 2. The number of nitrogens with zero attached hydrogens (tertiary/aromatic N) is 1. The molecule has 0 aliphatic heterocycles. The van der Waals surface area contributed by atoms with E-state index < -0.39 is 0 Å². The van der Waals surface area contributed by atoms with E-state index in [4.69, 9.17) is 9.15 Å². The van der Waals surface area contributed by atoms with Gasteiger partial charge in [-0.1, -0.05) is 0 Å². The number of hydrogen-bond donors (Lipinski definition) is 1. The Morgan fingerprint density at radius 1 is 1.50 bits per heavy atom. The molecule has 0 aromatic carbocycles. The van der Waals surface area contributed by atoms with Gasteiger partial charge in [0.1, 0.15) is 6.26 Å². The summed E-state index contributed by atoms with van der Waals surface area (Å²) in [4.78, 5) is 25.7. The van der Waals surface area contributed by atoms with Crippen LogP contribution in [0.4, 0.5) is 0 Å². The zero-order chi connectivity index (χ0) is 14.4. The molecule has 0 spiro atoms. The molecule has 0 atom stereocenters. The molecule has 1 N–H and O–H groups in total. The fourth-order valence-electron chi connectivity index (χ4n) is 1.99. The molecule has 1 aromatic rings. The van der Waals surface area contributed by atoms with Crippen LogP contribution < -0.4 is 5.32 Å². The van der Waals surface area contributed by atoms with Crippen molar-refractivity contribution in [2.45, 2.75) is 25.3 Å². The summed E-state index contributed by atoms with van der Waals surface area (Å²) < 4.78 is 9.80. The highest BCUT2D eigenvalue weighted by Crippen LogP contribution is 2.28. The van der Waals surface area contributed by atoms with Crippen LogP contribution in [0.5, 0.6) is 0 Å². The van der Waals surface area contributed by atoms with Gasteiger partial charge in [0.2, 0.25) is 5.91 Å². The molecule has 1 saturated carbocycles. The minimum Gasteiger partial charge on any atom is -0.472 e. The van der Waals surface area contributed by atoms with Gasteiger partial charge in [0.25, 0.3) is 5.91 Å². The predicted octanol–water partition coefficient (Wildman–Crippen LogP) is 1.04. The van der Waals surface area contributed by atoms with Crippen molar-refractivity contribution in [1.29, 1.82) is 0 Å². The monoisotopic (exact) mass is 280 g/mol. The maximum absolute atomic E-state index is 12.3. The first kappa shape index (κ1) is 14.6. The van der Waals surface area contributed by atoms with Gasteiger partial charge in [0, 0.05) is 32.7 Å². The Morgan fingerprint density at radius 2 is 2.30 bits per heavy atom. The number of ether oxygens (including phenoxy) is 1. The Bertz CT molecular complexity index is 440. The number of methoxy groups -OCH3 is 1. The van der Waals surface area contributed by atoms with Crippen molar-refractivity contribution in [3.05, 3.63) is 24.2 Å². The van der Waals surface area contributed by atoms with E-state index in [1.807, 2.05) is 0 Å². The zero-order valence-electron chi connectivity index (χ0n) is 11.6. The van der Waals surface area contributed by atoms with Gasteiger partial charge in [0.05, 0.1) is 18.4 Å². The molecule has 1 heterocycles. The molecule has 6 nitrogen and oxygen atoms in total. The Hall–Kier alpha value is -1.82. The lowest BCUT2D eigenvalue weighted by Gasteiger charge is -2.21. The van der Waals surface area contributed by atoms with E-state index in [1.165, 1.54) is 12.5 Å². The van der Waals surface area contributed by atoms with Gasteiger partial charge in [-0.3, -0.25) is 9.59 Å². The zero-order valence-corrected chi connectivity index (χ0v) is 11.6. The van der Waals surface area contributed by atoms with Crippen molar-refractivity contribution in [3.63, 3.8) is 0 Å². The lowest BCUT2D eigenvalue weighted by atomic mass is 10.2. The summed E-state index contributed by atoms with van der Waals surface area (Å²) in [6, 6.07) is 1.92. The summed E-state index contributed by atoms with van der Waals surface area (Å²) in [5, 5.41) is 2.75. The Kier molecular flexibility index (Phi) is 5.17. The van der Waals surface area contributed by atoms with E-state index in [0.29, 0.717) is 31.7 Å². The predicted molar refractivity (Wildman–Crippen MR) is 72.3 cm³/mol. The molecule has 1 aliphatic rings. The van der Waals surface area contributed by atoms with Crippen LogP contribution in [-0.2, 0) is 9.53 Å². The summed E-state index contributed by atoms with van der Waals surface area (Å²) >= 11 is 0. The third kappa shape index (κ3) is 4.09. The number of furan rings is 1. The van der Waals surface area contributed by atoms with Gasteiger partial charge in [-0.15, -0.1) is 0 Å². The highest BCUT2D eigenvalue weighted by molar-refractivity contribution is 5.94. The standard InChI is InChI=1S/C14H20N2O4/c1-19-9-6-15-13(17)4-7-16(12-2-3-12)14(18)11-5-8-20-10-11/h5,8,10,12H,2-4,6-7,9H2,1H3,(H,15,17). The number of carbonyl (C=O) groups excluding carboxylic acids is 2. The molecule has 6 heteroatoms. The molecule has 0 radical (unpaired) electrons. The van der Waals surface area contributed by atoms with Crippen LogP contribution in [0.1, 0.15) is 29.6 Å². The second-order valence-corrected chi connectivity index (χ2v) is 4.83. The van der Waals surface area contributed by atoms with Crippen LogP contribution in [0.25, 0.3) is 0 Å². The molecular weight excluding hydrogens is 260 g/mol. The molecular formula is C14H20N2O4. The van der Waals surface area contributed by atoms with Crippen molar-refractivity contribution in [2.75, 3.05) is 26.8 Å². The maximum atomic E-state index is 12.3. The SMILES string of the molecule is COCCNC(=O)CCN(C(=O)c1ccoc1)C1CC1. The van der Waals surface area contributed by atoms with Crippen LogP contribution in [0.15, 0.2) is 23.0 Å². The average Bonchev–Trinajstić information content (AvgIpc) is 3.12. The van der Waals surface area contributed by atoms with Crippen LogP contribution >= 0.6 is 0 Å². The van der Waals surface area contributed by atoms with Crippen molar-refractivity contribution >= 4 is 11.8 Å². The van der Waals surface area contributed by atoms with E-state index in [1.54, 1.807) is 18.1 Å². The minimum absolute atomic E-state index is 0.0623. The molecule has 20 heavy (non-hydrogen) atoms. The molecule has 1 aromatic heterocycles. The van der Waals surface area contributed by atoms with Crippen molar-refractivity contribution < 1.29 is 18.7 Å². The molecule has 0 unspecified atom stereocenters. The second-order valence-electron chi connectivity index (χ2n) is 4.83. The Labute approximate surface area is 118 Å². The maximum Gasteiger partial charge on any atom is 0.257 e. The molecule has 1 fully saturated rings. The average molecular weight is 280 g/mol. The highest BCUT2D eigenvalue weighted by Gasteiger charge is 2.33. The quantitative estimate of drug-likeness (QED) is 0.722. The van der Waals surface area contributed by atoms with Crippen LogP contribution in [-0.4, -0.2) is 49.6 Å². The molecule has 2 rings (SSSR count). The van der Waals surface area contributed by atoms with Gasteiger partial charge in [-0.2, -0.15) is 0 Å². The largest absolute Gasteiger partial charge is 0.472 e. The van der Waals surface area contributed by atoms with Crippen molar-refractivity contribution in [1.82, 2.24) is 10.2 Å². The fraction of sp³-hybridized carbons (Fsp3) is 0.571. The molecule has 0 bridgehead atoms. The first-order valence-corrected chi connectivity index (χ1v) is 6.81. The van der Waals surface area contributed by atoms with E-state index in [9.17, 15) is 9.59 Å². The van der Waals surface area contributed by atoms with E-state index in [-0.39, 0.29) is 17.9 Å².